The van der Waals surface area contributed by atoms with Gasteiger partial charge < -0.3 is 19.4 Å². The average Bonchev–Trinajstić information content (AvgIpc) is 2.71. The van der Waals surface area contributed by atoms with Crippen LogP contribution in [0.15, 0.2) is 51.7 Å². The molecule has 1 unspecified atom stereocenters. The van der Waals surface area contributed by atoms with Crippen molar-refractivity contribution in [2.24, 2.45) is 0 Å². The van der Waals surface area contributed by atoms with Crippen LogP contribution < -0.4 is 15.5 Å². The number of para-hydroxylation sites is 1. The fourth-order valence-corrected chi connectivity index (χ4v) is 3.35. The van der Waals surface area contributed by atoms with Gasteiger partial charge in [-0.3, -0.25) is 9.59 Å². The second-order valence-electron chi connectivity index (χ2n) is 7.29. The van der Waals surface area contributed by atoms with Crippen molar-refractivity contribution in [2.45, 2.75) is 19.9 Å². The molecule has 0 aliphatic rings. The van der Waals surface area contributed by atoms with Gasteiger partial charge in [-0.15, -0.1) is 0 Å². The fourth-order valence-electron chi connectivity index (χ4n) is 3.35. The first-order valence-corrected chi connectivity index (χ1v) is 9.45. The topological polar surface area (TPSA) is 71.8 Å². The van der Waals surface area contributed by atoms with Gasteiger partial charge in [0.15, 0.2) is 11.2 Å². The summed E-state index contributed by atoms with van der Waals surface area (Å²) in [5.74, 6) is 0.337. The van der Waals surface area contributed by atoms with Crippen LogP contribution >= 0.6 is 0 Å². The van der Waals surface area contributed by atoms with Crippen LogP contribution in [0, 0.1) is 13.8 Å². The highest BCUT2D eigenvalue weighted by atomic mass is 16.5. The van der Waals surface area contributed by atoms with Crippen LogP contribution in [-0.2, 0) is 0 Å². The molecule has 1 heterocycles. The van der Waals surface area contributed by atoms with Gasteiger partial charge >= 0.3 is 0 Å². The molecular weight excluding hydrogens is 368 g/mol. The minimum Gasteiger partial charge on any atom is -0.496 e. The number of methoxy groups -OCH3 is 1. The van der Waals surface area contributed by atoms with Gasteiger partial charge in [-0.25, -0.2) is 0 Å². The zero-order valence-corrected chi connectivity index (χ0v) is 17.4. The first-order valence-electron chi connectivity index (χ1n) is 9.45. The summed E-state index contributed by atoms with van der Waals surface area (Å²) < 4.78 is 11.3. The number of carbonyl (C=O) groups is 1. The number of hydrogen-bond acceptors (Lipinski definition) is 5. The van der Waals surface area contributed by atoms with Crippen LogP contribution in [0.25, 0.3) is 11.0 Å². The summed E-state index contributed by atoms with van der Waals surface area (Å²) in [5.41, 5.74) is 3.05. The second kappa shape index (κ2) is 8.49. The number of carbonyl (C=O) groups excluding carboxylic acids is 1. The lowest BCUT2D eigenvalue weighted by Gasteiger charge is -2.26. The second-order valence-corrected chi connectivity index (χ2v) is 7.29. The molecular formula is C23H26N2O4. The fraction of sp³-hybridized carbons (Fsp3) is 0.304. The van der Waals surface area contributed by atoms with Crippen LogP contribution in [0.2, 0.25) is 0 Å². The molecule has 0 fully saturated rings. The summed E-state index contributed by atoms with van der Waals surface area (Å²) in [6.45, 7) is 4.16. The van der Waals surface area contributed by atoms with Crippen LogP contribution in [0.1, 0.15) is 33.3 Å². The average molecular weight is 394 g/mol. The molecule has 152 valence electrons. The molecule has 1 atom stereocenters. The molecule has 0 saturated carbocycles. The van der Waals surface area contributed by atoms with Crippen molar-refractivity contribution in [1.29, 1.82) is 0 Å². The number of benzene rings is 2. The van der Waals surface area contributed by atoms with Gasteiger partial charge in [0.1, 0.15) is 11.3 Å². The van der Waals surface area contributed by atoms with Gasteiger partial charge in [-0.05, 0) is 51.2 Å². The van der Waals surface area contributed by atoms with Crippen molar-refractivity contribution in [2.75, 3.05) is 27.7 Å². The normalized spacial score (nSPS) is 12.2. The van der Waals surface area contributed by atoms with Crippen molar-refractivity contribution in [3.8, 4) is 5.75 Å². The van der Waals surface area contributed by atoms with Gasteiger partial charge in [0.2, 0.25) is 0 Å². The SMILES string of the molecule is COc1ccccc1C(CNC(=O)c1cc(=O)c2ccc(C)c(C)c2o1)N(C)C. The number of nitrogens with one attached hydrogen (secondary N) is 1. The standard InChI is InChI=1S/C23H26N2O4/c1-14-10-11-17-19(26)12-21(29-22(17)15(14)2)23(27)24-13-18(25(3)4)16-8-6-7-9-20(16)28-5/h6-12,18H,13H2,1-5H3,(H,24,27). The Bertz CT molecular complexity index is 1100. The lowest BCUT2D eigenvalue weighted by atomic mass is 10.0. The maximum absolute atomic E-state index is 12.8. The van der Waals surface area contributed by atoms with Gasteiger partial charge in [-0.2, -0.15) is 0 Å². The molecule has 29 heavy (non-hydrogen) atoms. The van der Waals surface area contributed by atoms with Gasteiger partial charge in [-0.1, -0.05) is 24.3 Å². The largest absolute Gasteiger partial charge is 0.496 e. The molecule has 1 aromatic heterocycles. The highest BCUT2D eigenvalue weighted by Crippen LogP contribution is 2.27. The predicted octanol–water partition coefficient (Wildman–Crippen LogP) is 3.45. The Kier molecular flexibility index (Phi) is 6.03. The minimum atomic E-state index is -0.424. The molecule has 0 aliphatic carbocycles. The number of rotatable bonds is 6. The monoisotopic (exact) mass is 394 g/mol. The molecule has 1 amide bonds. The minimum absolute atomic E-state index is 0.00809. The van der Waals surface area contributed by atoms with Crippen LogP contribution in [0.5, 0.6) is 5.75 Å². The highest BCUT2D eigenvalue weighted by molar-refractivity contribution is 5.93. The Morgan fingerprint density at radius 1 is 1.17 bits per heavy atom. The number of hydrogen-bond donors (Lipinski definition) is 1. The van der Waals surface area contributed by atoms with Crippen molar-refractivity contribution in [3.63, 3.8) is 0 Å². The maximum atomic E-state index is 12.8. The Labute approximate surface area is 170 Å². The van der Waals surface area contributed by atoms with E-state index < -0.39 is 5.91 Å². The van der Waals surface area contributed by atoms with Crippen molar-refractivity contribution < 1.29 is 13.9 Å². The molecule has 0 radical (unpaired) electrons. The Hall–Kier alpha value is -3.12. The molecule has 0 spiro atoms. The lowest BCUT2D eigenvalue weighted by molar-refractivity contribution is 0.0914. The predicted molar refractivity (Wildman–Crippen MR) is 114 cm³/mol. The van der Waals surface area contributed by atoms with Gasteiger partial charge in [0.25, 0.3) is 5.91 Å². The summed E-state index contributed by atoms with van der Waals surface area (Å²) in [4.78, 5) is 27.2. The molecule has 0 saturated heterocycles. The molecule has 2 aromatic carbocycles. The Balaban J connectivity index is 1.88. The summed E-state index contributed by atoms with van der Waals surface area (Å²) in [7, 11) is 5.50. The molecule has 0 bridgehead atoms. The van der Waals surface area contributed by atoms with E-state index in [2.05, 4.69) is 5.32 Å². The summed E-state index contributed by atoms with van der Waals surface area (Å²) >= 11 is 0. The third kappa shape index (κ3) is 4.17. The molecule has 3 rings (SSSR count). The molecule has 3 aromatic rings. The number of nitrogens with zero attached hydrogens (tertiary/aromatic N) is 1. The van der Waals surface area contributed by atoms with Crippen LogP contribution in [0.4, 0.5) is 0 Å². The number of aryl methyl sites for hydroxylation is 2. The number of likely N-dealkylation sites (N-methyl/N-ethyl adjacent to an activating group) is 1. The van der Waals surface area contributed by atoms with E-state index in [0.29, 0.717) is 17.5 Å². The summed E-state index contributed by atoms with van der Waals surface area (Å²) in [6.07, 6.45) is 0. The number of ether oxygens (including phenoxy) is 1. The zero-order chi connectivity index (χ0) is 21.1. The molecule has 6 nitrogen and oxygen atoms in total. The van der Waals surface area contributed by atoms with E-state index in [4.69, 9.17) is 9.15 Å². The van der Waals surface area contributed by atoms with Crippen LogP contribution in [0.3, 0.4) is 0 Å². The maximum Gasteiger partial charge on any atom is 0.287 e. The van der Waals surface area contributed by atoms with Gasteiger partial charge in [0.05, 0.1) is 18.5 Å². The van der Waals surface area contributed by atoms with E-state index in [0.717, 1.165) is 22.4 Å². The zero-order valence-electron chi connectivity index (χ0n) is 17.4. The third-order valence-corrected chi connectivity index (χ3v) is 5.22. The quantitative estimate of drug-likeness (QED) is 0.693. The Morgan fingerprint density at radius 2 is 1.90 bits per heavy atom. The summed E-state index contributed by atoms with van der Waals surface area (Å²) in [5, 5.41) is 3.36. The van der Waals surface area contributed by atoms with Crippen molar-refractivity contribution in [3.05, 3.63) is 75.1 Å². The van der Waals surface area contributed by atoms with E-state index in [1.165, 1.54) is 6.07 Å². The smallest absolute Gasteiger partial charge is 0.287 e. The number of amides is 1. The molecule has 0 aliphatic heterocycles. The molecule has 1 N–H and O–H groups in total. The van der Waals surface area contributed by atoms with E-state index in [-0.39, 0.29) is 17.2 Å². The lowest BCUT2D eigenvalue weighted by Crippen LogP contribution is -2.35. The Morgan fingerprint density at radius 3 is 2.59 bits per heavy atom. The van der Waals surface area contributed by atoms with E-state index in [1.54, 1.807) is 13.2 Å². The van der Waals surface area contributed by atoms with E-state index in [9.17, 15) is 9.59 Å². The molecule has 6 heteroatoms. The van der Waals surface area contributed by atoms with Crippen molar-refractivity contribution >= 4 is 16.9 Å². The van der Waals surface area contributed by atoms with E-state index >= 15 is 0 Å². The van der Waals surface area contributed by atoms with Crippen molar-refractivity contribution in [1.82, 2.24) is 10.2 Å². The summed E-state index contributed by atoms with van der Waals surface area (Å²) in [6, 6.07) is 12.5. The van der Waals surface area contributed by atoms with E-state index in [1.807, 2.05) is 63.2 Å². The van der Waals surface area contributed by atoms with Crippen LogP contribution in [-0.4, -0.2) is 38.6 Å². The third-order valence-electron chi connectivity index (χ3n) is 5.22. The number of fused-ring (bicyclic) bond motifs is 1. The first kappa shape index (κ1) is 20.6. The highest BCUT2D eigenvalue weighted by Gasteiger charge is 2.21. The van der Waals surface area contributed by atoms with Gasteiger partial charge in [0, 0.05) is 18.2 Å². The first-order chi connectivity index (χ1) is 13.8.